The standard InChI is InChI=1S/C18H16BrNO3/c19-15-9-14-13(6-7-17(14)21)8-16(15)20-18(22)11-23-10-12-4-2-1-3-5-12/h1-5,8-9H,6-7,10-11H2,(H,20,22). The number of carbonyl (C=O) groups is 2. The number of ether oxygens (including phenoxy) is 1. The lowest BCUT2D eigenvalue weighted by Crippen LogP contribution is -2.18. The molecule has 1 aliphatic rings. The molecule has 4 nitrogen and oxygen atoms in total. The normalized spacial score (nSPS) is 13.0. The predicted octanol–water partition coefficient (Wildman–Crippen LogP) is 3.73. The van der Waals surface area contributed by atoms with Gasteiger partial charge in [0.15, 0.2) is 5.78 Å². The minimum absolute atomic E-state index is 0.0165. The number of aryl methyl sites for hydroxylation is 1. The molecule has 1 N–H and O–H groups in total. The Morgan fingerprint density at radius 2 is 1.96 bits per heavy atom. The van der Waals surface area contributed by atoms with E-state index < -0.39 is 0 Å². The smallest absolute Gasteiger partial charge is 0.250 e. The third kappa shape index (κ3) is 3.86. The number of ketones is 1. The number of benzene rings is 2. The highest BCUT2D eigenvalue weighted by Gasteiger charge is 2.21. The summed E-state index contributed by atoms with van der Waals surface area (Å²) in [6.07, 6.45) is 1.27. The van der Waals surface area contributed by atoms with E-state index in [1.165, 1.54) is 0 Å². The van der Waals surface area contributed by atoms with Gasteiger partial charge in [-0.15, -0.1) is 0 Å². The lowest BCUT2D eigenvalue weighted by Gasteiger charge is -2.10. The van der Waals surface area contributed by atoms with E-state index in [1.807, 2.05) is 36.4 Å². The van der Waals surface area contributed by atoms with Gasteiger partial charge in [0.1, 0.15) is 6.61 Å². The van der Waals surface area contributed by atoms with Gasteiger partial charge in [0, 0.05) is 16.5 Å². The molecule has 0 aromatic heterocycles. The molecule has 0 aliphatic heterocycles. The van der Waals surface area contributed by atoms with Crippen LogP contribution in [0.25, 0.3) is 0 Å². The molecule has 0 saturated heterocycles. The van der Waals surface area contributed by atoms with Crippen molar-refractivity contribution in [1.82, 2.24) is 0 Å². The maximum absolute atomic E-state index is 12.0. The van der Waals surface area contributed by atoms with Gasteiger partial charge < -0.3 is 10.1 Å². The van der Waals surface area contributed by atoms with Crippen molar-refractivity contribution in [3.05, 3.63) is 63.6 Å². The van der Waals surface area contributed by atoms with Crippen LogP contribution < -0.4 is 5.32 Å². The van der Waals surface area contributed by atoms with E-state index in [0.29, 0.717) is 23.2 Å². The van der Waals surface area contributed by atoms with Crippen molar-refractivity contribution in [3.8, 4) is 0 Å². The van der Waals surface area contributed by atoms with E-state index in [0.717, 1.165) is 23.1 Å². The number of Topliss-reactive ketones (excluding diaryl/α,β-unsaturated/α-hetero) is 1. The van der Waals surface area contributed by atoms with Crippen LogP contribution in [-0.4, -0.2) is 18.3 Å². The van der Waals surface area contributed by atoms with Gasteiger partial charge in [-0.25, -0.2) is 0 Å². The van der Waals surface area contributed by atoms with Gasteiger partial charge in [-0.05, 0) is 45.6 Å². The minimum atomic E-state index is -0.217. The molecule has 0 spiro atoms. The molecule has 0 saturated carbocycles. The Morgan fingerprint density at radius 1 is 1.17 bits per heavy atom. The molecule has 0 unspecified atom stereocenters. The molecule has 118 valence electrons. The highest BCUT2D eigenvalue weighted by Crippen LogP contribution is 2.31. The molecule has 0 fully saturated rings. The van der Waals surface area contributed by atoms with Crippen molar-refractivity contribution in [1.29, 1.82) is 0 Å². The van der Waals surface area contributed by atoms with Crippen LogP contribution in [0.3, 0.4) is 0 Å². The molecule has 1 amide bonds. The Kier molecular flexibility index (Phi) is 4.88. The van der Waals surface area contributed by atoms with Crippen LogP contribution in [-0.2, 0) is 22.6 Å². The molecule has 0 heterocycles. The molecule has 0 bridgehead atoms. The largest absolute Gasteiger partial charge is 0.367 e. The summed E-state index contributed by atoms with van der Waals surface area (Å²) in [5, 5.41) is 2.82. The number of hydrogen-bond donors (Lipinski definition) is 1. The number of nitrogens with one attached hydrogen (secondary N) is 1. The molecule has 5 heteroatoms. The summed E-state index contributed by atoms with van der Waals surface area (Å²) in [5.41, 5.74) is 3.43. The summed E-state index contributed by atoms with van der Waals surface area (Å²) in [4.78, 5) is 23.7. The highest BCUT2D eigenvalue weighted by molar-refractivity contribution is 9.10. The van der Waals surface area contributed by atoms with Crippen molar-refractivity contribution in [2.75, 3.05) is 11.9 Å². The maximum atomic E-state index is 12.0. The Hall–Kier alpha value is -1.98. The second-order valence-corrected chi connectivity index (χ2v) is 6.29. The first-order chi connectivity index (χ1) is 11.1. The van der Waals surface area contributed by atoms with Crippen molar-refractivity contribution in [2.24, 2.45) is 0 Å². The van der Waals surface area contributed by atoms with E-state index >= 15 is 0 Å². The summed E-state index contributed by atoms with van der Waals surface area (Å²) in [6.45, 7) is 0.380. The SMILES string of the molecule is O=C(COCc1ccccc1)Nc1cc2c(cc1Br)C(=O)CC2. The maximum Gasteiger partial charge on any atom is 0.250 e. The third-order valence-electron chi connectivity index (χ3n) is 3.73. The molecule has 2 aromatic carbocycles. The highest BCUT2D eigenvalue weighted by atomic mass is 79.9. The van der Waals surface area contributed by atoms with Crippen LogP contribution in [0.1, 0.15) is 27.9 Å². The molecule has 3 rings (SSSR count). The van der Waals surface area contributed by atoms with Crippen LogP contribution in [0.2, 0.25) is 0 Å². The van der Waals surface area contributed by atoms with Crippen molar-refractivity contribution < 1.29 is 14.3 Å². The van der Waals surface area contributed by atoms with E-state index in [-0.39, 0.29) is 18.3 Å². The van der Waals surface area contributed by atoms with Gasteiger partial charge in [-0.1, -0.05) is 30.3 Å². The fourth-order valence-electron chi connectivity index (χ4n) is 2.59. The fraction of sp³-hybridized carbons (Fsp3) is 0.222. The van der Waals surface area contributed by atoms with Crippen LogP contribution >= 0.6 is 15.9 Å². The van der Waals surface area contributed by atoms with Gasteiger partial charge in [0.05, 0.1) is 12.3 Å². The first kappa shape index (κ1) is 15.9. The first-order valence-electron chi connectivity index (χ1n) is 7.40. The lowest BCUT2D eigenvalue weighted by molar-refractivity contribution is -0.121. The number of carbonyl (C=O) groups excluding carboxylic acids is 2. The van der Waals surface area contributed by atoms with Gasteiger partial charge in [-0.3, -0.25) is 9.59 Å². The number of amides is 1. The average molecular weight is 374 g/mol. The van der Waals surface area contributed by atoms with E-state index in [4.69, 9.17) is 4.74 Å². The van der Waals surface area contributed by atoms with Gasteiger partial charge >= 0.3 is 0 Å². The van der Waals surface area contributed by atoms with Crippen LogP contribution in [0.4, 0.5) is 5.69 Å². The lowest BCUT2D eigenvalue weighted by atomic mass is 10.1. The molecular formula is C18H16BrNO3. The number of anilines is 1. The third-order valence-corrected chi connectivity index (χ3v) is 4.39. The van der Waals surface area contributed by atoms with Gasteiger partial charge in [0.2, 0.25) is 5.91 Å². The zero-order valence-corrected chi connectivity index (χ0v) is 14.1. The molecular weight excluding hydrogens is 358 g/mol. The van der Waals surface area contributed by atoms with Crippen molar-refractivity contribution in [2.45, 2.75) is 19.4 Å². The topological polar surface area (TPSA) is 55.4 Å². The number of hydrogen-bond acceptors (Lipinski definition) is 3. The second-order valence-electron chi connectivity index (χ2n) is 5.44. The van der Waals surface area contributed by atoms with E-state index in [2.05, 4.69) is 21.2 Å². The Labute approximate surface area is 143 Å². The van der Waals surface area contributed by atoms with Gasteiger partial charge in [0.25, 0.3) is 0 Å². The van der Waals surface area contributed by atoms with Gasteiger partial charge in [-0.2, -0.15) is 0 Å². The van der Waals surface area contributed by atoms with E-state index in [1.54, 1.807) is 6.07 Å². The average Bonchev–Trinajstić information content (AvgIpc) is 2.89. The Morgan fingerprint density at radius 3 is 2.74 bits per heavy atom. The zero-order chi connectivity index (χ0) is 16.2. The predicted molar refractivity (Wildman–Crippen MR) is 91.5 cm³/mol. The monoisotopic (exact) mass is 373 g/mol. The Bertz CT molecular complexity index is 743. The van der Waals surface area contributed by atoms with Crippen LogP contribution in [0.15, 0.2) is 46.9 Å². The number of halogens is 1. The second kappa shape index (κ2) is 7.06. The number of rotatable bonds is 5. The van der Waals surface area contributed by atoms with Crippen LogP contribution in [0.5, 0.6) is 0 Å². The number of fused-ring (bicyclic) bond motifs is 1. The molecule has 23 heavy (non-hydrogen) atoms. The quantitative estimate of drug-likeness (QED) is 0.868. The molecule has 0 atom stereocenters. The molecule has 1 aliphatic carbocycles. The molecule has 0 radical (unpaired) electrons. The minimum Gasteiger partial charge on any atom is -0.367 e. The summed E-state index contributed by atoms with van der Waals surface area (Å²) < 4.78 is 6.13. The van der Waals surface area contributed by atoms with Crippen LogP contribution in [0, 0.1) is 0 Å². The van der Waals surface area contributed by atoms with Crippen molar-refractivity contribution in [3.63, 3.8) is 0 Å². The molecule has 2 aromatic rings. The van der Waals surface area contributed by atoms with Crippen molar-refractivity contribution >= 4 is 33.3 Å². The summed E-state index contributed by atoms with van der Waals surface area (Å²) >= 11 is 3.40. The first-order valence-corrected chi connectivity index (χ1v) is 8.20. The summed E-state index contributed by atoms with van der Waals surface area (Å²) in [5.74, 6) is -0.0596. The summed E-state index contributed by atoms with van der Waals surface area (Å²) in [6, 6.07) is 13.3. The Balaban J connectivity index is 1.57. The fourth-order valence-corrected chi connectivity index (χ4v) is 3.03. The zero-order valence-electron chi connectivity index (χ0n) is 12.5. The summed E-state index contributed by atoms with van der Waals surface area (Å²) in [7, 11) is 0. The van der Waals surface area contributed by atoms with E-state index in [9.17, 15) is 9.59 Å².